The first-order valence-corrected chi connectivity index (χ1v) is 5.25. The minimum absolute atomic E-state index is 0.0385. The Hall–Kier alpha value is -0.860. The lowest BCUT2D eigenvalue weighted by atomic mass is 10.0. The van der Waals surface area contributed by atoms with Crippen LogP contribution in [0.4, 0.5) is 0 Å². The van der Waals surface area contributed by atoms with Crippen molar-refractivity contribution in [1.82, 2.24) is 5.32 Å². The third-order valence-corrected chi connectivity index (χ3v) is 1.92. The first kappa shape index (κ1) is 13.1. The summed E-state index contributed by atoms with van der Waals surface area (Å²) >= 11 is 0. The number of ketones is 1. The summed E-state index contributed by atoms with van der Waals surface area (Å²) in [7, 11) is 0. The van der Waals surface area contributed by atoms with Crippen molar-refractivity contribution < 1.29 is 9.59 Å². The van der Waals surface area contributed by atoms with E-state index in [1.807, 2.05) is 27.7 Å². The molecule has 0 heterocycles. The number of nitrogens with one attached hydrogen (secondary N) is 1. The Balaban J connectivity index is 3.54. The summed E-state index contributed by atoms with van der Waals surface area (Å²) in [6, 6.07) is 0.184. The SMILES string of the molecule is CC(C)NC(=O)CCCC(=O)C(C)C. The molecular formula is C11H21NO2. The van der Waals surface area contributed by atoms with E-state index in [2.05, 4.69) is 5.32 Å². The maximum atomic E-state index is 11.2. The van der Waals surface area contributed by atoms with Gasteiger partial charge in [0.15, 0.2) is 0 Å². The normalized spacial score (nSPS) is 10.7. The van der Waals surface area contributed by atoms with E-state index in [0.29, 0.717) is 19.3 Å². The molecule has 1 N–H and O–H groups in total. The number of rotatable bonds is 6. The minimum atomic E-state index is 0.0385. The highest BCUT2D eigenvalue weighted by atomic mass is 16.1. The van der Waals surface area contributed by atoms with E-state index in [-0.39, 0.29) is 23.7 Å². The van der Waals surface area contributed by atoms with Crippen molar-refractivity contribution in [3.8, 4) is 0 Å². The molecule has 0 bridgehead atoms. The Morgan fingerprint density at radius 3 is 2.07 bits per heavy atom. The zero-order chi connectivity index (χ0) is 11.1. The standard InChI is InChI=1S/C11H21NO2/c1-8(2)10(13)6-5-7-11(14)12-9(3)4/h8-9H,5-7H2,1-4H3,(H,12,14). The van der Waals surface area contributed by atoms with Gasteiger partial charge in [0.25, 0.3) is 0 Å². The molecule has 0 rings (SSSR count). The summed E-state index contributed by atoms with van der Waals surface area (Å²) in [5, 5.41) is 2.80. The summed E-state index contributed by atoms with van der Waals surface area (Å²) in [5.41, 5.74) is 0. The monoisotopic (exact) mass is 199 g/mol. The molecule has 0 aromatic carbocycles. The van der Waals surface area contributed by atoms with Crippen LogP contribution in [-0.2, 0) is 9.59 Å². The molecule has 0 aromatic heterocycles. The van der Waals surface area contributed by atoms with Gasteiger partial charge in [0.1, 0.15) is 5.78 Å². The molecule has 0 fully saturated rings. The molecule has 0 aliphatic rings. The molecule has 0 saturated heterocycles. The van der Waals surface area contributed by atoms with Crippen LogP contribution in [0.25, 0.3) is 0 Å². The lowest BCUT2D eigenvalue weighted by Crippen LogP contribution is -2.29. The van der Waals surface area contributed by atoms with Crippen LogP contribution in [0, 0.1) is 5.92 Å². The molecule has 1 amide bonds. The van der Waals surface area contributed by atoms with Gasteiger partial charge in [0, 0.05) is 24.8 Å². The van der Waals surface area contributed by atoms with Crippen LogP contribution in [-0.4, -0.2) is 17.7 Å². The quantitative estimate of drug-likeness (QED) is 0.710. The Morgan fingerprint density at radius 1 is 1.07 bits per heavy atom. The average Bonchev–Trinajstić information content (AvgIpc) is 2.02. The maximum Gasteiger partial charge on any atom is 0.220 e. The number of Topliss-reactive ketones (excluding diaryl/α,β-unsaturated/α-hetero) is 1. The molecule has 0 saturated carbocycles. The molecule has 0 aliphatic heterocycles. The van der Waals surface area contributed by atoms with E-state index in [4.69, 9.17) is 0 Å². The van der Waals surface area contributed by atoms with Crippen LogP contribution in [0.3, 0.4) is 0 Å². The van der Waals surface area contributed by atoms with Gasteiger partial charge in [-0.05, 0) is 20.3 Å². The first-order chi connectivity index (χ1) is 6.43. The topological polar surface area (TPSA) is 46.2 Å². The van der Waals surface area contributed by atoms with Crippen molar-refractivity contribution in [2.24, 2.45) is 5.92 Å². The zero-order valence-electron chi connectivity index (χ0n) is 9.59. The Bertz CT molecular complexity index is 197. The van der Waals surface area contributed by atoms with E-state index in [0.717, 1.165) is 0 Å². The third-order valence-electron chi connectivity index (χ3n) is 1.92. The largest absolute Gasteiger partial charge is 0.354 e. The lowest BCUT2D eigenvalue weighted by Gasteiger charge is -2.08. The average molecular weight is 199 g/mol. The lowest BCUT2D eigenvalue weighted by molar-refractivity contribution is -0.123. The van der Waals surface area contributed by atoms with Crippen LogP contribution in [0.1, 0.15) is 47.0 Å². The smallest absolute Gasteiger partial charge is 0.220 e. The van der Waals surface area contributed by atoms with Crippen molar-refractivity contribution in [2.75, 3.05) is 0 Å². The van der Waals surface area contributed by atoms with Crippen molar-refractivity contribution >= 4 is 11.7 Å². The number of hydrogen-bond donors (Lipinski definition) is 1. The summed E-state index contributed by atoms with van der Waals surface area (Å²) < 4.78 is 0. The fourth-order valence-corrected chi connectivity index (χ4v) is 1.11. The molecule has 14 heavy (non-hydrogen) atoms. The van der Waals surface area contributed by atoms with Crippen molar-refractivity contribution in [1.29, 1.82) is 0 Å². The van der Waals surface area contributed by atoms with Crippen LogP contribution in [0.5, 0.6) is 0 Å². The molecule has 3 heteroatoms. The van der Waals surface area contributed by atoms with Gasteiger partial charge < -0.3 is 5.32 Å². The predicted octanol–water partition coefficient (Wildman–Crippen LogP) is 1.91. The second-order valence-corrected chi connectivity index (χ2v) is 4.20. The Labute approximate surface area is 86.3 Å². The Kier molecular flexibility index (Phi) is 6.17. The van der Waals surface area contributed by atoms with E-state index in [1.54, 1.807) is 0 Å². The summed E-state index contributed by atoms with van der Waals surface area (Å²) in [5.74, 6) is 0.363. The number of carbonyl (C=O) groups excluding carboxylic acids is 2. The van der Waals surface area contributed by atoms with E-state index in [1.165, 1.54) is 0 Å². The number of carbonyl (C=O) groups is 2. The van der Waals surface area contributed by atoms with Gasteiger partial charge in [-0.2, -0.15) is 0 Å². The molecule has 3 nitrogen and oxygen atoms in total. The van der Waals surface area contributed by atoms with Crippen LogP contribution < -0.4 is 5.32 Å². The molecule has 0 spiro atoms. The minimum Gasteiger partial charge on any atom is -0.354 e. The highest BCUT2D eigenvalue weighted by molar-refractivity contribution is 5.81. The molecular weight excluding hydrogens is 178 g/mol. The van der Waals surface area contributed by atoms with Crippen molar-refractivity contribution in [3.05, 3.63) is 0 Å². The summed E-state index contributed by atoms with van der Waals surface area (Å²) in [6.45, 7) is 7.63. The number of hydrogen-bond acceptors (Lipinski definition) is 2. The van der Waals surface area contributed by atoms with Gasteiger partial charge in [0.05, 0.1) is 0 Å². The first-order valence-electron chi connectivity index (χ1n) is 5.25. The molecule has 82 valence electrons. The van der Waals surface area contributed by atoms with Gasteiger partial charge in [-0.15, -0.1) is 0 Å². The van der Waals surface area contributed by atoms with E-state index < -0.39 is 0 Å². The molecule has 0 atom stereocenters. The van der Waals surface area contributed by atoms with Gasteiger partial charge >= 0.3 is 0 Å². The number of amides is 1. The second kappa shape index (κ2) is 6.57. The maximum absolute atomic E-state index is 11.2. The zero-order valence-corrected chi connectivity index (χ0v) is 9.59. The molecule has 0 aromatic rings. The summed E-state index contributed by atoms with van der Waals surface area (Å²) in [6.07, 6.45) is 1.63. The summed E-state index contributed by atoms with van der Waals surface area (Å²) in [4.78, 5) is 22.4. The van der Waals surface area contributed by atoms with E-state index in [9.17, 15) is 9.59 Å². The van der Waals surface area contributed by atoms with Crippen LogP contribution in [0.15, 0.2) is 0 Å². The van der Waals surface area contributed by atoms with E-state index >= 15 is 0 Å². The fraction of sp³-hybridized carbons (Fsp3) is 0.818. The molecule has 0 radical (unpaired) electrons. The third kappa shape index (κ3) is 6.63. The molecule has 0 aliphatic carbocycles. The van der Waals surface area contributed by atoms with Crippen LogP contribution >= 0.6 is 0 Å². The van der Waals surface area contributed by atoms with Gasteiger partial charge in [0.2, 0.25) is 5.91 Å². The highest BCUT2D eigenvalue weighted by Crippen LogP contribution is 2.04. The van der Waals surface area contributed by atoms with Gasteiger partial charge in [-0.1, -0.05) is 13.8 Å². The van der Waals surface area contributed by atoms with Gasteiger partial charge in [-0.3, -0.25) is 9.59 Å². The highest BCUT2D eigenvalue weighted by Gasteiger charge is 2.08. The van der Waals surface area contributed by atoms with Crippen molar-refractivity contribution in [2.45, 2.75) is 53.0 Å². The van der Waals surface area contributed by atoms with Crippen LogP contribution in [0.2, 0.25) is 0 Å². The Morgan fingerprint density at radius 2 is 1.64 bits per heavy atom. The van der Waals surface area contributed by atoms with Gasteiger partial charge in [-0.25, -0.2) is 0 Å². The second-order valence-electron chi connectivity index (χ2n) is 4.20. The predicted molar refractivity (Wildman–Crippen MR) is 57.0 cm³/mol. The van der Waals surface area contributed by atoms with Crippen molar-refractivity contribution in [3.63, 3.8) is 0 Å². The molecule has 0 unspecified atom stereocenters. The fourth-order valence-electron chi connectivity index (χ4n) is 1.11.